The van der Waals surface area contributed by atoms with Crippen molar-refractivity contribution in [3.8, 4) is 0 Å². The molecule has 0 radical (unpaired) electrons. The molecule has 1 aliphatic heterocycles. The van der Waals surface area contributed by atoms with E-state index in [2.05, 4.69) is 43.5 Å². The van der Waals surface area contributed by atoms with Gasteiger partial charge in [-0.25, -0.2) is 4.98 Å². The predicted octanol–water partition coefficient (Wildman–Crippen LogP) is 2.65. The van der Waals surface area contributed by atoms with Gasteiger partial charge in [-0.15, -0.1) is 0 Å². The number of imidazole rings is 1. The first-order valence-electron chi connectivity index (χ1n) is 6.26. The van der Waals surface area contributed by atoms with Crippen molar-refractivity contribution in [3.63, 3.8) is 0 Å². The number of piperidine rings is 1. The van der Waals surface area contributed by atoms with E-state index in [9.17, 15) is 0 Å². The van der Waals surface area contributed by atoms with Crippen LogP contribution in [0.4, 0.5) is 5.95 Å². The lowest BCUT2D eigenvalue weighted by atomic mass is 10.1. The number of likely N-dealkylation sites (tertiary alicyclic amines) is 1. The monoisotopic (exact) mass is 308 g/mol. The molecule has 1 aromatic carbocycles. The highest BCUT2D eigenvalue weighted by Crippen LogP contribution is 2.30. The molecule has 96 valence electrons. The largest absolute Gasteiger partial charge is 0.369 e. The number of anilines is 1. The first-order chi connectivity index (χ1) is 8.65. The Kier molecular flexibility index (Phi) is 3.03. The molecule has 2 N–H and O–H groups in total. The van der Waals surface area contributed by atoms with Crippen LogP contribution in [-0.4, -0.2) is 34.6 Å². The Bertz CT molecular complexity index is 570. The number of hydrogen-bond donors (Lipinski definition) is 1. The van der Waals surface area contributed by atoms with Gasteiger partial charge in [0.25, 0.3) is 0 Å². The van der Waals surface area contributed by atoms with Crippen LogP contribution in [0.2, 0.25) is 0 Å². The number of benzene rings is 1. The lowest BCUT2D eigenvalue weighted by molar-refractivity contribution is 0.225. The van der Waals surface area contributed by atoms with Gasteiger partial charge in [-0.1, -0.05) is 15.9 Å². The third-order valence-corrected chi connectivity index (χ3v) is 4.23. The van der Waals surface area contributed by atoms with Gasteiger partial charge in [-0.3, -0.25) is 0 Å². The van der Waals surface area contributed by atoms with E-state index in [0.717, 1.165) is 41.4 Å². The summed E-state index contributed by atoms with van der Waals surface area (Å²) in [5.74, 6) is 0.637. The molecular weight excluding hydrogens is 292 g/mol. The number of rotatable bonds is 1. The van der Waals surface area contributed by atoms with Crippen molar-refractivity contribution in [3.05, 3.63) is 22.7 Å². The summed E-state index contributed by atoms with van der Waals surface area (Å²) in [5.41, 5.74) is 8.21. The van der Waals surface area contributed by atoms with Gasteiger partial charge in [-0.2, -0.15) is 0 Å². The molecular formula is C13H17BrN4. The third-order valence-electron chi connectivity index (χ3n) is 3.73. The van der Waals surface area contributed by atoms with Gasteiger partial charge < -0.3 is 15.2 Å². The summed E-state index contributed by atoms with van der Waals surface area (Å²) in [7, 11) is 2.17. The zero-order valence-corrected chi connectivity index (χ0v) is 12.0. The molecule has 0 bridgehead atoms. The number of fused-ring (bicyclic) bond motifs is 1. The Labute approximate surface area is 115 Å². The second-order valence-corrected chi connectivity index (χ2v) is 5.92. The minimum atomic E-state index is 0.473. The molecule has 0 saturated carbocycles. The van der Waals surface area contributed by atoms with Crippen LogP contribution in [-0.2, 0) is 0 Å². The van der Waals surface area contributed by atoms with E-state index >= 15 is 0 Å². The molecule has 1 aliphatic rings. The zero-order chi connectivity index (χ0) is 12.7. The Balaban J connectivity index is 2.05. The number of nitrogens with two attached hydrogens (primary N) is 1. The quantitative estimate of drug-likeness (QED) is 0.881. The molecule has 0 atom stereocenters. The van der Waals surface area contributed by atoms with Crippen molar-refractivity contribution < 1.29 is 0 Å². The van der Waals surface area contributed by atoms with Crippen LogP contribution in [0.3, 0.4) is 0 Å². The molecule has 1 fully saturated rings. The van der Waals surface area contributed by atoms with Crippen molar-refractivity contribution in [1.82, 2.24) is 14.5 Å². The summed E-state index contributed by atoms with van der Waals surface area (Å²) in [6, 6.07) is 6.60. The van der Waals surface area contributed by atoms with Crippen LogP contribution in [0.1, 0.15) is 18.9 Å². The van der Waals surface area contributed by atoms with Crippen LogP contribution >= 0.6 is 15.9 Å². The molecule has 4 nitrogen and oxygen atoms in total. The molecule has 5 heteroatoms. The number of nitrogens with zero attached hydrogens (tertiary/aromatic N) is 3. The van der Waals surface area contributed by atoms with Gasteiger partial charge in [0.2, 0.25) is 5.95 Å². The first kappa shape index (κ1) is 12.0. The van der Waals surface area contributed by atoms with Gasteiger partial charge in [0, 0.05) is 10.5 Å². The van der Waals surface area contributed by atoms with Gasteiger partial charge >= 0.3 is 0 Å². The molecule has 0 spiro atoms. The number of nitrogen functional groups attached to an aromatic ring is 1. The summed E-state index contributed by atoms with van der Waals surface area (Å²) in [6.45, 7) is 2.25. The van der Waals surface area contributed by atoms with Crippen molar-refractivity contribution in [2.24, 2.45) is 0 Å². The highest BCUT2D eigenvalue weighted by molar-refractivity contribution is 9.10. The van der Waals surface area contributed by atoms with E-state index in [-0.39, 0.29) is 0 Å². The average molecular weight is 309 g/mol. The van der Waals surface area contributed by atoms with Crippen LogP contribution in [0.15, 0.2) is 22.7 Å². The van der Waals surface area contributed by atoms with Crippen LogP contribution < -0.4 is 5.73 Å². The van der Waals surface area contributed by atoms with Crippen molar-refractivity contribution in [2.45, 2.75) is 18.9 Å². The first-order valence-corrected chi connectivity index (χ1v) is 7.06. The minimum Gasteiger partial charge on any atom is -0.369 e. The summed E-state index contributed by atoms with van der Waals surface area (Å²) in [5, 5.41) is 0. The molecule has 0 amide bonds. The van der Waals surface area contributed by atoms with E-state index < -0.39 is 0 Å². The summed E-state index contributed by atoms with van der Waals surface area (Å²) >= 11 is 3.52. The SMILES string of the molecule is CN1CCC(n2c(N)nc3ccc(Br)cc32)CC1. The van der Waals surface area contributed by atoms with E-state index in [1.807, 2.05) is 12.1 Å². The zero-order valence-electron chi connectivity index (χ0n) is 10.4. The molecule has 1 aromatic heterocycles. The molecule has 2 heterocycles. The van der Waals surface area contributed by atoms with Gasteiger partial charge in [0.1, 0.15) is 0 Å². The van der Waals surface area contributed by atoms with E-state index in [4.69, 9.17) is 5.73 Å². The standard InChI is InChI=1S/C13H17BrN4/c1-17-6-4-10(5-7-17)18-12-8-9(14)2-3-11(12)16-13(18)15/h2-3,8,10H,4-7H2,1H3,(H2,15,16). The van der Waals surface area contributed by atoms with E-state index in [1.165, 1.54) is 0 Å². The third kappa shape index (κ3) is 2.01. The number of halogens is 1. The molecule has 0 aliphatic carbocycles. The van der Waals surface area contributed by atoms with Crippen LogP contribution in [0, 0.1) is 0 Å². The van der Waals surface area contributed by atoms with Gasteiger partial charge in [-0.05, 0) is 51.2 Å². The smallest absolute Gasteiger partial charge is 0.201 e. The van der Waals surface area contributed by atoms with Crippen molar-refractivity contribution in [1.29, 1.82) is 0 Å². The van der Waals surface area contributed by atoms with E-state index in [1.54, 1.807) is 0 Å². The topological polar surface area (TPSA) is 47.1 Å². The normalized spacial score (nSPS) is 18.6. The second-order valence-electron chi connectivity index (χ2n) is 5.01. The molecule has 1 saturated heterocycles. The minimum absolute atomic E-state index is 0.473. The second kappa shape index (κ2) is 4.55. The molecule has 0 unspecified atom stereocenters. The Morgan fingerprint density at radius 1 is 1.33 bits per heavy atom. The lowest BCUT2D eigenvalue weighted by Crippen LogP contribution is -2.31. The lowest BCUT2D eigenvalue weighted by Gasteiger charge is -2.30. The maximum atomic E-state index is 6.09. The van der Waals surface area contributed by atoms with Gasteiger partial charge in [0.15, 0.2) is 0 Å². The molecule has 18 heavy (non-hydrogen) atoms. The fraction of sp³-hybridized carbons (Fsp3) is 0.462. The fourth-order valence-electron chi connectivity index (χ4n) is 2.72. The molecule has 2 aromatic rings. The Morgan fingerprint density at radius 3 is 2.78 bits per heavy atom. The summed E-state index contributed by atoms with van der Waals surface area (Å²) in [4.78, 5) is 6.82. The number of hydrogen-bond acceptors (Lipinski definition) is 3. The summed E-state index contributed by atoms with van der Waals surface area (Å²) < 4.78 is 3.27. The highest BCUT2D eigenvalue weighted by Gasteiger charge is 2.22. The van der Waals surface area contributed by atoms with Crippen LogP contribution in [0.25, 0.3) is 11.0 Å². The highest BCUT2D eigenvalue weighted by atomic mass is 79.9. The maximum absolute atomic E-state index is 6.09. The number of aromatic nitrogens is 2. The summed E-state index contributed by atoms with van der Waals surface area (Å²) in [6.07, 6.45) is 2.28. The average Bonchev–Trinajstić information content (AvgIpc) is 2.66. The van der Waals surface area contributed by atoms with Crippen molar-refractivity contribution >= 4 is 32.9 Å². The fourth-order valence-corrected chi connectivity index (χ4v) is 3.07. The Morgan fingerprint density at radius 2 is 2.06 bits per heavy atom. The predicted molar refractivity (Wildman–Crippen MR) is 77.6 cm³/mol. The van der Waals surface area contributed by atoms with E-state index in [0.29, 0.717) is 12.0 Å². The van der Waals surface area contributed by atoms with Crippen molar-refractivity contribution in [2.75, 3.05) is 25.9 Å². The Hall–Kier alpha value is -1.07. The maximum Gasteiger partial charge on any atom is 0.201 e. The molecule has 3 rings (SSSR count). The van der Waals surface area contributed by atoms with Gasteiger partial charge in [0.05, 0.1) is 11.0 Å². The van der Waals surface area contributed by atoms with Crippen LogP contribution in [0.5, 0.6) is 0 Å².